The summed E-state index contributed by atoms with van der Waals surface area (Å²) >= 11 is 1.50. The van der Waals surface area contributed by atoms with Crippen molar-refractivity contribution in [2.24, 2.45) is 0 Å². The van der Waals surface area contributed by atoms with E-state index in [4.69, 9.17) is 0 Å². The SMILES string of the molecule is CCNC(CSc1cccc(F)c1)c1ccncc1F. The van der Waals surface area contributed by atoms with Crippen molar-refractivity contribution in [2.75, 3.05) is 12.3 Å². The summed E-state index contributed by atoms with van der Waals surface area (Å²) in [6, 6.07) is 7.96. The molecule has 1 N–H and O–H groups in total. The van der Waals surface area contributed by atoms with Gasteiger partial charge in [-0.3, -0.25) is 4.98 Å². The lowest BCUT2D eigenvalue weighted by molar-refractivity contribution is 0.541. The monoisotopic (exact) mass is 294 g/mol. The van der Waals surface area contributed by atoms with Crippen LogP contribution >= 0.6 is 11.8 Å². The van der Waals surface area contributed by atoms with Crippen LogP contribution in [0.25, 0.3) is 0 Å². The second-order valence-corrected chi connectivity index (χ2v) is 5.37. The molecule has 0 aliphatic rings. The van der Waals surface area contributed by atoms with Crippen molar-refractivity contribution in [3.63, 3.8) is 0 Å². The van der Waals surface area contributed by atoms with Gasteiger partial charge in [-0.05, 0) is 30.8 Å². The van der Waals surface area contributed by atoms with Crippen LogP contribution in [0.4, 0.5) is 8.78 Å². The Hall–Kier alpha value is -1.46. The summed E-state index contributed by atoms with van der Waals surface area (Å²) in [5.74, 6) is 0.0430. The van der Waals surface area contributed by atoms with Crippen LogP contribution in [0, 0.1) is 11.6 Å². The molecule has 20 heavy (non-hydrogen) atoms. The molecule has 1 aromatic carbocycles. The second kappa shape index (κ2) is 7.36. The van der Waals surface area contributed by atoms with Crippen molar-refractivity contribution in [1.29, 1.82) is 0 Å². The van der Waals surface area contributed by atoms with Crippen LogP contribution in [0.5, 0.6) is 0 Å². The van der Waals surface area contributed by atoms with Crippen molar-refractivity contribution in [3.8, 4) is 0 Å². The van der Waals surface area contributed by atoms with Crippen molar-refractivity contribution in [3.05, 3.63) is 59.9 Å². The molecule has 0 saturated carbocycles. The maximum absolute atomic E-state index is 13.8. The summed E-state index contributed by atoms with van der Waals surface area (Å²) in [5.41, 5.74) is 0.589. The normalized spacial score (nSPS) is 12.3. The Bertz CT molecular complexity index is 563. The van der Waals surface area contributed by atoms with Crippen molar-refractivity contribution < 1.29 is 8.78 Å². The summed E-state index contributed by atoms with van der Waals surface area (Å²) in [5, 5.41) is 3.24. The van der Waals surface area contributed by atoms with Gasteiger partial charge < -0.3 is 5.32 Å². The molecule has 0 fully saturated rings. The van der Waals surface area contributed by atoms with Crippen LogP contribution in [0.2, 0.25) is 0 Å². The third-order valence-electron chi connectivity index (χ3n) is 2.84. The van der Waals surface area contributed by atoms with Crippen molar-refractivity contribution >= 4 is 11.8 Å². The fraction of sp³-hybridized carbons (Fsp3) is 0.267. The zero-order valence-corrected chi connectivity index (χ0v) is 12.0. The first-order valence-corrected chi connectivity index (χ1v) is 7.40. The van der Waals surface area contributed by atoms with Gasteiger partial charge in [0.05, 0.1) is 6.20 Å². The summed E-state index contributed by atoms with van der Waals surface area (Å²) in [7, 11) is 0. The molecule has 0 amide bonds. The Morgan fingerprint density at radius 1 is 1.30 bits per heavy atom. The Kier molecular flexibility index (Phi) is 5.49. The van der Waals surface area contributed by atoms with E-state index in [0.29, 0.717) is 11.3 Å². The number of thioether (sulfide) groups is 1. The molecule has 0 saturated heterocycles. The van der Waals surface area contributed by atoms with Gasteiger partial charge in [-0.25, -0.2) is 8.78 Å². The number of rotatable bonds is 6. The highest BCUT2D eigenvalue weighted by Crippen LogP contribution is 2.26. The van der Waals surface area contributed by atoms with Gasteiger partial charge in [0.25, 0.3) is 0 Å². The minimum atomic E-state index is -0.321. The molecular formula is C15H16F2N2S. The molecule has 0 bridgehead atoms. The lowest BCUT2D eigenvalue weighted by atomic mass is 10.1. The summed E-state index contributed by atoms with van der Waals surface area (Å²) < 4.78 is 26.9. The topological polar surface area (TPSA) is 24.9 Å². The standard InChI is InChI=1S/C15H16F2N2S/c1-2-19-15(13-6-7-18-9-14(13)17)10-20-12-5-3-4-11(16)8-12/h3-9,15,19H,2,10H2,1H3. The van der Waals surface area contributed by atoms with E-state index in [1.165, 1.54) is 30.1 Å². The van der Waals surface area contributed by atoms with Gasteiger partial charge in [0, 0.05) is 28.5 Å². The number of nitrogens with one attached hydrogen (secondary N) is 1. The molecule has 2 rings (SSSR count). The highest BCUT2D eigenvalue weighted by molar-refractivity contribution is 7.99. The van der Waals surface area contributed by atoms with Crippen LogP contribution < -0.4 is 5.32 Å². The zero-order valence-electron chi connectivity index (χ0n) is 11.1. The zero-order chi connectivity index (χ0) is 14.4. The maximum Gasteiger partial charge on any atom is 0.146 e. The smallest absolute Gasteiger partial charge is 0.146 e. The van der Waals surface area contributed by atoms with E-state index >= 15 is 0 Å². The molecule has 2 nitrogen and oxygen atoms in total. The van der Waals surface area contributed by atoms with Crippen molar-refractivity contribution in [1.82, 2.24) is 10.3 Å². The van der Waals surface area contributed by atoms with E-state index in [1.54, 1.807) is 18.3 Å². The van der Waals surface area contributed by atoms with Crippen LogP contribution in [-0.2, 0) is 0 Å². The number of nitrogens with zero attached hydrogens (tertiary/aromatic N) is 1. The molecule has 106 valence electrons. The number of benzene rings is 1. The van der Waals surface area contributed by atoms with E-state index in [0.717, 1.165) is 11.4 Å². The van der Waals surface area contributed by atoms with Gasteiger partial charge in [0.1, 0.15) is 11.6 Å². The third-order valence-corrected chi connectivity index (χ3v) is 3.93. The first kappa shape index (κ1) is 14.9. The molecule has 1 atom stereocenters. The maximum atomic E-state index is 13.8. The van der Waals surface area contributed by atoms with Gasteiger partial charge in [-0.2, -0.15) is 0 Å². The molecule has 1 heterocycles. The van der Waals surface area contributed by atoms with E-state index in [-0.39, 0.29) is 17.7 Å². The largest absolute Gasteiger partial charge is 0.309 e. The van der Waals surface area contributed by atoms with Crippen molar-refractivity contribution in [2.45, 2.75) is 17.9 Å². The van der Waals surface area contributed by atoms with Crippen LogP contribution in [0.3, 0.4) is 0 Å². The Morgan fingerprint density at radius 2 is 2.15 bits per heavy atom. The minimum absolute atomic E-state index is 0.128. The molecule has 1 aromatic heterocycles. The van der Waals surface area contributed by atoms with Gasteiger partial charge >= 0.3 is 0 Å². The number of hydrogen-bond acceptors (Lipinski definition) is 3. The Morgan fingerprint density at radius 3 is 2.85 bits per heavy atom. The van der Waals surface area contributed by atoms with Gasteiger partial charge in [-0.15, -0.1) is 11.8 Å². The first-order chi connectivity index (χ1) is 9.70. The molecular weight excluding hydrogens is 278 g/mol. The number of aromatic nitrogens is 1. The Balaban J connectivity index is 2.08. The molecule has 5 heteroatoms. The quantitative estimate of drug-likeness (QED) is 0.820. The van der Waals surface area contributed by atoms with Crippen LogP contribution in [0.15, 0.2) is 47.6 Å². The van der Waals surface area contributed by atoms with Crippen LogP contribution in [0.1, 0.15) is 18.5 Å². The highest BCUT2D eigenvalue weighted by atomic mass is 32.2. The highest BCUT2D eigenvalue weighted by Gasteiger charge is 2.15. The summed E-state index contributed by atoms with van der Waals surface area (Å²) in [6.45, 7) is 2.70. The fourth-order valence-corrected chi connectivity index (χ4v) is 2.94. The Labute approximate surface area is 121 Å². The summed E-state index contributed by atoms with van der Waals surface area (Å²) in [6.07, 6.45) is 2.79. The fourth-order valence-electron chi connectivity index (χ4n) is 1.91. The lowest BCUT2D eigenvalue weighted by Gasteiger charge is -2.18. The number of halogens is 2. The van der Waals surface area contributed by atoms with E-state index in [2.05, 4.69) is 10.3 Å². The second-order valence-electron chi connectivity index (χ2n) is 4.28. The number of hydrogen-bond donors (Lipinski definition) is 1. The van der Waals surface area contributed by atoms with Crippen LogP contribution in [-0.4, -0.2) is 17.3 Å². The number of pyridine rings is 1. The minimum Gasteiger partial charge on any atom is -0.309 e. The summed E-state index contributed by atoms with van der Waals surface area (Å²) in [4.78, 5) is 4.59. The predicted molar refractivity (Wildman–Crippen MR) is 77.7 cm³/mol. The molecule has 1 unspecified atom stereocenters. The van der Waals surface area contributed by atoms with E-state index in [1.807, 2.05) is 13.0 Å². The molecule has 2 aromatic rings. The van der Waals surface area contributed by atoms with Gasteiger partial charge in [-0.1, -0.05) is 13.0 Å². The molecule has 0 aliphatic heterocycles. The molecule has 0 radical (unpaired) electrons. The van der Waals surface area contributed by atoms with E-state index < -0.39 is 0 Å². The average Bonchev–Trinajstić information content (AvgIpc) is 2.44. The van der Waals surface area contributed by atoms with Gasteiger partial charge in [0.15, 0.2) is 0 Å². The lowest BCUT2D eigenvalue weighted by Crippen LogP contribution is -2.24. The third kappa shape index (κ3) is 4.02. The predicted octanol–water partition coefficient (Wildman–Crippen LogP) is 3.80. The first-order valence-electron chi connectivity index (χ1n) is 6.42. The average molecular weight is 294 g/mol. The van der Waals surface area contributed by atoms with E-state index in [9.17, 15) is 8.78 Å². The van der Waals surface area contributed by atoms with Gasteiger partial charge in [0.2, 0.25) is 0 Å². The molecule has 0 aliphatic carbocycles. The molecule has 0 spiro atoms.